The molecule has 2 rings (SSSR count). The first kappa shape index (κ1) is 17.0. The van der Waals surface area contributed by atoms with Crippen molar-refractivity contribution in [2.75, 3.05) is 26.2 Å². The number of piperidine rings is 1. The number of hydrogen-bond donors (Lipinski definition) is 0. The van der Waals surface area contributed by atoms with Crippen molar-refractivity contribution in [1.29, 1.82) is 0 Å². The van der Waals surface area contributed by atoms with E-state index in [0.717, 1.165) is 12.8 Å². The van der Waals surface area contributed by atoms with Crippen molar-refractivity contribution in [2.24, 2.45) is 11.8 Å². The monoisotopic (exact) mass is 314 g/mol. The van der Waals surface area contributed by atoms with E-state index in [1.54, 1.807) is 14.7 Å². The van der Waals surface area contributed by atoms with Crippen LogP contribution in [0.5, 0.6) is 0 Å². The van der Waals surface area contributed by atoms with Crippen LogP contribution in [0.25, 0.3) is 0 Å². The summed E-state index contributed by atoms with van der Waals surface area (Å²) in [7, 11) is -3.32. The normalized spacial score (nSPS) is 26.1. The Bertz CT molecular complexity index is 430. The summed E-state index contributed by atoms with van der Waals surface area (Å²) in [6.45, 7) is 8.32. The van der Waals surface area contributed by atoms with Gasteiger partial charge in [-0.1, -0.05) is 32.3 Å². The molecule has 1 aliphatic carbocycles. The number of hydrogen-bond acceptors (Lipinski definition) is 2. The van der Waals surface area contributed by atoms with Gasteiger partial charge in [0.05, 0.1) is 0 Å². The third-order valence-corrected chi connectivity index (χ3v) is 6.73. The van der Waals surface area contributed by atoms with Crippen molar-refractivity contribution in [3.05, 3.63) is 12.7 Å². The van der Waals surface area contributed by atoms with Gasteiger partial charge in [-0.2, -0.15) is 17.0 Å². The Kier molecular flexibility index (Phi) is 6.26. The molecule has 2 fully saturated rings. The Balaban J connectivity index is 2.05. The molecule has 1 atom stereocenters. The molecule has 4 nitrogen and oxygen atoms in total. The molecule has 0 aromatic rings. The van der Waals surface area contributed by atoms with Crippen LogP contribution in [0, 0.1) is 11.8 Å². The van der Waals surface area contributed by atoms with E-state index in [4.69, 9.17) is 0 Å². The van der Waals surface area contributed by atoms with E-state index in [2.05, 4.69) is 13.5 Å². The van der Waals surface area contributed by atoms with E-state index in [0.29, 0.717) is 38.0 Å². The van der Waals surface area contributed by atoms with Gasteiger partial charge in [0, 0.05) is 26.2 Å². The second kappa shape index (κ2) is 7.75. The SMILES string of the molecule is C=CCN(CC1CCCCC1)S(=O)(=O)N1CCC[C@H](C)C1. The van der Waals surface area contributed by atoms with Gasteiger partial charge in [-0.25, -0.2) is 0 Å². The first-order valence-corrected chi connectivity index (χ1v) is 9.80. The zero-order valence-corrected chi connectivity index (χ0v) is 14.2. The molecule has 0 bridgehead atoms. The molecule has 0 unspecified atom stereocenters. The molecule has 1 heterocycles. The van der Waals surface area contributed by atoms with Crippen LogP contribution in [0.3, 0.4) is 0 Å². The Morgan fingerprint density at radius 1 is 1.19 bits per heavy atom. The van der Waals surface area contributed by atoms with E-state index in [1.165, 1.54) is 32.1 Å². The highest BCUT2D eigenvalue weighted by Crippen LogP contribution is 2.27. The van der Waals surface area contributed by atoms with Crippen LogP contribution in [0.4, 0.5) is 0 Å². The van der Waals surface area contributed by atoms with Gasteiger partial charge < -0.3 is 0 Å². The first-order valence-electron chi connectivity index (χ1n) is 8.40. The summed E-state index contributed by atoms with van der Waals surface area (Å²) in [5.74, 6) is 0.990. The topological polar surface area (TPSA) is 40.6 Å². The second-order valence-corrected chi connectivity index (χ2v) is 8.65. The van der Waals surface area contributed by atoms with Crippen LogP contribution in [-0.4, -0.2) is 43.2 Å². The summed E-state index contributed by atoms with van der Waals surface area (Å²) in [6, 6.07) is 0. The highest BCUT2D eigenvalue weighted by Gasteiger charge is 2.33. The lowest BCUT2D eigenvalue weighted by atomic mass is 9.89. The maximum atomic E-state index is 12.9. The van der Waals surface area contributed by atoms with Crippen molar-refractivity contribution in [3.8, 4) is 0 Å². The third-order valence-electron chi connectivity index (χ3n) is 4.79. The standard InChI is InChI=1S/C16H30N2O2S/c1-3-11-17(14-16-9-5-4-6-10-16)21(19,20)18-12-7-8-15(2)13-18/h3,15-16H,1,4-14H2,2H3/t15-/m0/s1. The maximum absolute atomic E-state index is 12.9. The van der Waals surface area contributed by atoms with Crippen LogP contribution >= 0.6 is 0 Å². The number of nitrogens with zero attached hydrogens (tertiary/aromatic N) is 2. The van der Waals surface area contributed by atoms with Gasteiger partial charge in [0.15, 0.2) is 0 Å². The van der Waals surface area contributed by atoms with Crippen LogP contribution < -0.4 is 0 Å². The van der Waals surface area contributed by atoms with Gasteiger partial charge in [0.25, 0.3) is 10.2 Å². The lowest BCUT2D eigenvalue weighted by Crippen LogP contribution is -2.49. The van der Waals surface area contributed by atoms with Crippen LogP contribution in [0.2, 0.25) is 0 Å². The molecule has 1 aliphatic heterocycles. The van der Waals surface area contributed by atoms with E-state index >= 15 is 0 Å². The minimum atomic E-state index is -3.32. The molecule has 0 N–H and O–H groups in total. The summed E-state index contributed by atoms with van der Waals surface area (Å²) in [6.07, 6.45) is 9.95. The fourth-order valence-corrected chi connectivity index (χ4v) is 5.41. The molecule has 21 heavy (non-hydrogen) atoms. The molecule has 2 aliphatic rings. The summed E-state index contributed by atoms with van der Waals surface area (Å²) in [5, 5.41) is 0. The van der Waals surface area contributed by atoms with Crippen molar-refractivity contribution in [2.45, 2.75) is 51.9 Å². The Morgan fingerprint density at radius 2 is 1.90 bits per heavy atom. The van der Waals surface area contributed by atoms with Crippen molar-refractivity contribution in [1.82, 2.24) is 8.61 Å². The molecule has 5 heteroatoms. The molecule has 1 saturated heterocycles. The minimum Gasteiger partial charge on any atom is -0.195 e. The maximum Gasteiger partial charge on any atom is 0.282 e. The molecule has 0 amide bonds. The summed E-state index contributed by atoms with van der Waals surface area (Å²) in [4.78, 5) is 0. The van der Waals surface area contributed by atoms with Gasteiger partial charge >= 0.3 is 0 Å². The summed E-state index contributed by atoms with van der Waals surface area (Å²) < 4.78 is 29.1. The molecular formula is C16H30N2O2S. The molecule has 1 saturated carbocycles. The van der Waals surface area contributed by atoms with Gasteiger partial charge in [0.1, 0.15) is 0 Å². The molecule has 0 aromatic heterocycles. The van der Waals surface area contributed by atoms with Crippen LogP contribution in [0.1, 0.15) is 51.9 Å². The lowest BCUT2D eigenvalue weighted by molar-refractivity contribution is 0.241. The summed E-state index contributed by atoms with van der Waals surface area (Å²) >= 11 is 0. The third kappa shape index (κ3) is 4.54. The zero-order valence-electron chi connectivity index (χ0n) is 13.3. The summed E-state index contributed by atoms with van der Waals surface area (Å²) in [5.41, 5.74) is 0. The van der Waals surface area contributed by atoms with Gasteiger partial charge in [-0.3, -0.25) is 0 Å². The van der Waals surface area contributed by atoms with Crippen LogP contribution in [0.15, 0.2) is 12.7 Å². The minimum absolute atomic E-state index is 0.434. The second-order valence-electron chi connectivity index (χ2n) is 6.72. The highest BCUT2D eigenvalue weighted by atomic mass is 32.2. The van der Waals surface area contributed by atoms with E-state index < -0.39 is 10.2 Å². The Hall–Kier alpha value is -0.390. The Labute approximate surface area is 130 Å². The zero-order chi connectivity index (χ0) is 15.3. The fourth-order valence-electron chi connectivity index (χ4n) is 3.58. The van der Waals surface area contributed by atoms with E-state index in [-0.39, 0.29) is 0 Å². The van der Waals surface area contributed by atoms with Gasteiger partial charge in [-0.15, -0.1) is 6.58 Å². The molecule has 0 spiro atoms. The largest absolute Gasteiger partial charge is 0.282 e. The van der Waals surface area contributed by atoms with Crippen molar-refractivity contribution >= 4 is 10.2 Å². The van der Waals surface area contributed by atoms with Crippen molar-refractivity contribution < 1.29 is 8.42 Å². The molecule has 0 radical (unpaired) electrons. The molecule has 0 aromatic carbocycles. The lowest BCUT2D eigenvalue weighted by Gasteiger charge is -2.36. The Morgan fingerprint density at radius 3 is 2.52 bits per heavy atom. The van der Waals surface area contributed by atoms with Crippen LogP contribution in [-0.2, 0) is 10.2 Å². The fraction of sp³-hybridized carbons (Fsp3) is 0.875. The number of rotatable bonds is 6. The highest BCUT2D eigenvalue weighted by molar-refractivity contribution is 7.86. The average Bonchev–Trinajstić information content (AvgIpc) is 2.48. The van der Waals surface area contributed by atoms with Gasteiger partial charge in [0.2, 0.25) is 0 Å². The molecular weight excluding hydrogens is 284 g/mol. The smallest absolute Gasteiger partial charge is 0.195 e. The predicted molar refractivity (Wildman–Crippen MR) is 87.2 cm³/mol. The quantitative estimate of drug-likeness (QED) is 0.707. The average molecular weight is 314 g/mol. The van der Waals surface area contributed by atoms with Crippen molar-refractivity contribution in [3.63, 3.8) is 0 Å². The molecule has 122 valence electrons. The first-order chi connectivity index (χ1) is 10.0. The van der Waals surface area contributed by atoms with E-state index in [1.807, 2.05) is 0 Å². The van der Waals surface area contributed by atoms with Gasteiger partial charge in [-0.05, 0) is 37.5 Å². The predicted octanol–water partition coefficient (Wildman–Crippen LogP) is 3.03. The van der Waals surface area contributed by atoms with E-state index in [9.17, 15) is 8.42 Å².